The summed E-state index contributed by atoms with van der Waals surface area (Å²) in [5.41, 5.74) is 0.453. The van der Waals surface area contributed by atoms with E-state index in [1.807, 2.05) is 0 Å². The Morgan fingerprint density at radius 2 is 2.09 bits per heavy atom. The smallest absolute Gasteiger partial charge is 0.264 e. The molecule has 2 rings (SSSR count). The molecule has 10 heteroatoms. The summed E-state index contributed by atoms with van der Waals surface area (Å²) in [5.74, 6) is 0.108. The van der Waals surface area contributed by atoms with Crippen LogP contribution in [-0.4, -0.2) is 42.7 Å². The van der Waals surface area contributed by atoms with E-state index in [1.165, 1.54) is 11.0 Å². The van der Waals surface area contributed by atoms with E-state index in [2.05, 4.69) is 14.1 Å². The Labute approximate surface area is 143 Å². The molecule has 0 saturated carbocycles. The second kappa shape index (κ2) is 6.81. The maximum absolute atomic E-state index is 12.4. The van der Waals surface area contributed by atoms with Crippen LogP contribution in [0.15, 0.2) is 23.1 Å². The molecule has 124 valence electrons. The Morgan fingerprint density at radius 3 is 2.74 bits per heavy atom. The minimum atomic E-state index is -3.82. The first kappa shape index (κ1) is 17.6. The number of halogens is 1. The molecular formula is C13H15ClN4O3S2. The van der Waals surface area contributed by atoms with E-state index in [9.17, 15) is 13.2 Å². The highest BCUT2D eigenvalue weighted by Crippen LogP contribution is 2.25. The number of rotatable bonds is 5. The van der Waals surface area contributed by atoms with E-state index in [4.69, 9.17) is 11.6 Å². The molecule has 2 aromatic rings. The average Bonchev–Trinajstić information content (AvgIpc) is 2.87. The number of aromatic nitrogens is 2. The van der Waals surface area contributed by atoms with Crippen LogP contribution in [0.1, 0.15) is 11.4 Å². The van der Waals surface area contributed by atoms with Crippen LogP contribution in [0.25, 0.3) is 0 Å². The van der Waals surface area contributed by atoms with Crippen LogP contribution in [0, 0.1) is 6.92 Å². The minimum Gasteiger partial charge on any atom is -0.348 e. The van der Waals surface area contributed by atoms with Crippen molar-refractivity contribution in [3.05, 3.63) is 34.6 Å². The van der Waals surface area contributed by atoms with Crippen LogP contribution < -0.4 is 4.72 Å². The Morgan fingerprint density at radius 1 is 1.39 bits per heavy atom. The second-order valence-electron chi connectivity index (χ2n) is 4.95. The molecule has 0 aliphatic rings. The lowest BCUT2D eigenvalue weighted by atomic mass is 10.2. The summed E-state index contributed by atoms with van der Waals surface area (Å²) < 4.78 is 31.2. The Balaban J connectivity index is 2.20. The number of carbonyl (C=O) groups excluding carboxylic acids is 1. The first-order chi connectivity index (χ1) is 10.7. The summed E-state index contributed by atoms with van der Waals surface area (Å²) in [6, 6.07) is 4.64. The third kappa shape index (κ3) is 4.18. The summed E-state index contributed by atoms with van der Waals surface area (Å²) in [5, 5.41) is 0.466. The molecule has 0 saturated heterocycles. The van der Waals surface area contributed by atoms with Crippen LogP contribution >= 0.6 is 23.1 Å². The Bertz CT molecular complexity index is 833. The van der Waals surface area contributed by atoms with Gasteiger partial charge in [0.15, 0.2) is 5.82 Å². The van der Waals surface area contributed by atoms with E-state index < -0.39 is 10.0 Å². The van der Waals surface area contributed by atoms with Gasteiger partial charge in [0.1, 0.15) is 0 Å². The van der Waals surface area contributed by atoms with Crippen molar-refractivity contribution in [2.45, 2.75) is 18.2 Å². The summed E-state index contributed by atoms with van der Waals surface area (Å²) >= 11 is 6.83. The molecule has 1 N–H and O–H groups in total. The summed E-state index contributed by atoms with van der Waals surface area (Å²) in [6.45, 7) is 1.62. The van der Waals surface area contributed by atoms with E-state index >= 15 is 0 Å². The number of amides is 1. The van der Waals surface area contributed by atoms with Gasteiger partial charge in [-0.25, -0.2) is 13.4 Å². The van der Waals surface area contributed by atoms with E-state index in [1.54, 1.807) is 33.2 Å². The monoisotopic (exact) mass is 374 g/mol. The van der Waals surface area contributed by atoms with Gasteiger partial charge in [0.05, 0.1) is 11.3 Å². The number of hydrogen-bond acceptors (Lipinski definition) is 6. The van der Waals surface area contributed by atoms with Crippen molar-refractivity contribution in [2.75, 3.05) is 18.8 Å². The van der Waals surface area contributed by atoms with Crippen molar-refractivity contribution in [1.82, 2.24) is 14.3 Å². The fourth-order valence-corrected chi connectivity index (χ4v) is 4.02. The molecule has 1 amide bonds. The summed E-state index contributed by atoms with van der Waals surface area (Å²) in [4.78, 5) is 17.1. The summed E-state index contributed by atoms with van der Waals surface area (Å²) in [6.07, 6.45) is 0.0153. The average molecular weight is 375 g/mol. The fraction of sp³-hybridized carbons (Fsp3) is 0.308. The highest BCUT2D eigenvalue weighted by molar-refractivity contribution is 7.93. The van der Waals surface area contributed by atoms with Gasteiger partial charge in [0.25, 0.3) is 10.0 Å². The molecule has 1 aromatic carbocycles. The highest BCUT2D eigenvalue weighted by Gasteiger charge is 2.20. The normalized spacial score (nSPS) is 11.3. The first-order valence-corrected chi connectivity index (χ1v) is 9.15. The van der Waals surface area contributed by atoms with Crippen LogP contribution in [0.5, 0.6) is 0 Å². The third-order valence-electron chi connectivity index (χ3n) is 3.01. The van der Waals surface area contributed by atoms with Gasteiger partial charge in [-0.3, -0.25) is 9.52 Å². The zero-order chi connectivity index (χ0) is 17.2. The highest BCUT2D eigenvalue weighted by atomic mass is 35.5. The van der Waals surface area contributed by atoms with Crippen LogP contribution in [0.3, 0.4) is 0 Å². The molecule has 0 aliphatic carbocycles. The third-order valence-corrected chi connectivity index (χ3v) is 5.70. The Hall–Kier alpha value is -1.71. The lowest BCUT2D eigenvalue weighted by Gasteiger charge is -2.09. The lowest BCUT2D eigenvalue weighted by Crippen LogP contribution is -2.24. The molecule has 23 heavy (non-hydrogen) atoms. The number of hydrogen-bond donors (Lipinski definition) is 1. The van der Waals surface area contributed by atoms with Gasteiger partial charge in [-0.1, -0.05) is 17.7 Å². The predicted molar refractivity (Wildman–Crippen MR) is 89.3 cm³/mol. The Kier molecular flexibility index (Phi) is 5.23. The lowest BCUT2D eigenvalue weighted by molar-refractivity contribution is -0.128. The van der Waals surface area contributed by atoms with Crippen LogP contribution in [-0.2, 0) is 21.2 Å². The van der Waals surface area contributed by atoms with Crippen LogP contribution in [0.2, 0.25) is 5.02 Å². The number of benzene rings is 1. The molecule has 0 aliphatic heterocycles. The molecule has 0 atom stereocenters. The topological polar surface area (TPSA) is 92.3 Å². The van der Waals surface area contributed by atoms with Crippen molar-refractivity contribution in [3.63, 3.8) is 0 Å². The first-order valence-electron chi connectivity index (χ1n) is 6.51. The standard InChI is InChI=1S/C13H15ClN4O3S2/c1-8-9(14)5-4-6-10(8)23(20,21)17-13-15-11(16-22-13)7-12(19)18(2)3/h4-6H,7H2,1-3H3,(H,15,16,17). The zero-order valence-corrected chi connectivity index (χ0v) is 15.1. The second-order valence-corrected chi connectivity index (χ2v) is 7.76. The van der Waals surface area contributed by atoms with Gasteiger partial charge in [-0.2, -0.15) is 4.37 Å². The quantitative estimate of drug-likeness (QED) is 0.863. The molecule has 0 bridgehead atoms. The number of sulfonamides is 1. The van der Waals surface area contributed by atoms with Crippen LogP contribution in [0.4, 0.5) is 5.13 Å². The van der Waals surface area contributed by atoms with Gasteiger partial charge in [-0.15, -0.1) is 0 Å². The van der Waals surface area contributed by atoms with Crippen molar-refractivity contribution in [3.8, 4) is 0 Å². The van der Waals surface area contributed by atoms with Crippen molar-refractivity contribution in [2.24, 2.45) is 0 Å². The van der Waals surface area contributed by atoms with Crippen molar-refractivity contribution < 1.29 is 13.2 Å². The zero-order valence-electron chi connectivity index (χ0n) is 12.7. The van der Waals surface area contributed by atoms with E-state index in [0.717, 1.165) is 11.5 Å². The number of likely N-dealkylation sites (N-methyl/N-ethyl adjacent to an activating group) is 1. The molecule has 0 spiro atoms. The number of anilines is 1. The largest absolute Gasteiger partial charge is 0.348 e. The molecule has 7 nitrogen and oxygen atoms in total. The van der Waals surface area contributed by atoms with E-state index in [0.29, 0.717) is 10.6 Å². The molecule has 1 aromatic heterocycles. The summed E-state index contributed by atoms with van der Waals surface area (Å²) in [7, 11) is -0.569. The van der Waals surface area contributed by atoms with Gasteiger partial charge in [0.2, 0.25) is 11.0 Å². The van der Waals surface area contributed by atoms with Gasteiger partial charge in [0, 0.05) is 30.7 Å². The SMILES string of the molecule is Cc1c(Cl)cccc1S(=O)(=O)Nc1nc(CC(=O)N(C)C)ns1. The number of nitrogens with zero attached hydrogens (tertiary/aromatic N) is 3. The maximum atomic E-state index is 12.4. The molecule has 1 heterocycles. The predicted octanol–water partition coefficient (Wildman–Crippen LogP) is 1.93. The minimum absolute atomic E-state index is 0.0153. The van der Waals surface area contributed by atoms with Crippen molar-refractivity contribution >= 4 is 44.2 Å². The maximum Gasteiger partial charge on any atom is 0.264 e. The van der Waals surface area contributed by atoms with Gasteiger partial charge in [-0.05, 0) is 24.6 Å². The molecule has 0 unspecified atom stereocenters. The fourth-order valence-electron chi connectivity index (χ4n) is 1.71. The molecule has 0 fully saturated rings. The van der Waals surface area contributed by atoms with Gasteiger partial charge >= 0.3 is 0 Å². The van der Waals surface area contributed by atoms with E-state index in [-0.39, 0.29) is 28.2 Å². The molecular weight excluding hydrogens is 360 g/mol. The molecule has 0 radical (unpaired) electrons. The number of nitrogens with one attached hydrogen (secondary N) is 1. The van der Waals surface area contributed by atoms with Gasteiger partial charge < -0.3 is 4.90 Å². The van der Waals surface area contributed by atoms with Crippen molar-refractivity contribution in [1.29, 1.82) is 0 Å². The number of carbonyl (C=O) groups is 1.